The van der Waals surface area contributed by atoms with Gasteiger partial charge in [-0.1, -0.05) is 26.0 Å². The summed E-state index contributed by atoms with van der Waals surface area (Å²) in [7, 11) is 1.25. The van der Waals surface area contributed by atoms with Gasteiger partial charge in [0, 0.05) is 6.32 Å². The minimum Gasteiger partial charge on any atom is -0.496 e. The highest BCUT2D eigenvalue weighted by Crippen LogP contribution is 2.65. The molecule has 4 fully saturated rings. The first kappa shape index (κ1) is 20.7. The molecule has 0 aromatic heterocycles. The molecule has 3 saturated carbocycles. The van der Waals surface area contributed by atoms with Crippen LogP contribution >= 0.6 is 0 Å². The van der Waals surface area contributed by atoms with Crippen molar-refractivity contribution in [1.29, 1.82) is 0 Å². The van der Waals surface area contributed by atoms with E-state index in [1.807, 2.05) is 32.9 Å². The van der Waals surface area contributed by atoms with Crippen LogP contribution < -0.4 is 4.74 Å². The molecular weight excluding hydrogens is 367 g/mol. The summed E-state index contributed by atoms with van der Waals surface area (Å²) < 4.78 is 24.0. The highest BCUT2D eigenvalue weighted by atomic mass is 16.7. The minimum atomic E-state index is -0.562. The Morgan fingerprint density at radius 1 is 1.24 bits per heavy atom. The van der Waals surface area contributed by atoms with Crippen molar-refractivity contribution in [3.8, 4) is 5.75 Å². The lowest BCUT2D eigenvalue weighted by Gasteiger charge is -2.64. The average Bonchev–Trinajstić information content (AvgIpc) is 2.95. The van der Waals surface area contributed by atoms with Crippen molar-refractivity contribution in [2.75, 3.05) is 7.11 Å². The first-order valence-corrected chi connectivity index (χ1v) is 10.7. The number of ether oxygens (including phenoxy) is 2. The van der Waals surface area contributed by atoms with Crippen molar-refractivity contribution in [2.24, 2.45) is 17.3 Å². The molecule has 1 aliphatic heterocycles. The molecule has 1 aromatic rings. The molecule has 1 heterocycles. The fourth-order valence-corrected chi connectivity index (χ4v) is 5.70. The van der Waals surface area contributed by atoms with Crippen LogP contribution in [-0.2, 0) is 20.4 Å². The predicted octanol–water partition coefficient (Wildman–Crippen LogP) is 4.46. The number of rotatable bonds is 4. The zero-order valence-corrected chi connectivity index (χ0v) is 18.7. The number of carbonyl (C=O) groups excluding carboxylic acids is 1. The van der Waals surface area contributed by atoms with E-state index in [0.717, 1.165) is 17.9 Å². The van der Waals surface area contributed by atoms with Crippen LogP contribution in [0.2, 0.25) is 0 Å². The van der Waals surface area contributed by atoms with Crippen LogP contribution in [-0.4, -0.2) is 37.5 Å². The molecule has 3 aliphatic carbocycles. The summed E-state index contributed by atoms with van der Waals surface area (Å²) in [4.78, 5) is 12.6. The van der Waals surface area contributed by atoms with E-state index in [-0.39, 0.29) is 24.8 Å². The summed E-state index contributed by atoms with van der Waals surface area (Å²) in [6, 6.07) is 5.57. The predicted molar refractivity (Wildman–Crippen MR) is 112 cm³/mol. The summed E-state index contributed by atoms with van der Waals surface area (Å²) in [6.07, 6.45) is 2.98. The van der Waals surface area contributed by atoms with E-state index in [1.54, 1.807) is 13.2 Å². The molecule has 0 unspecified atom stereocenters. The molecule has 29 heavy (non-hydrogen) atoms. The Bertz CT molecular complexity index is 814. The lowest BCUT2D eigenvalue weighted by Crippen LogP contribution is -2.65. The number of para-hydroxylation sites is 1. The Morgan fingerprint density at radius 3 is 2.59 bits per heavy atom. The SMILES string of the molecule is COc1c(CB2O[C@@H]3C[C@@H]4C[C@@H](C4(C)C)[C@]3(C)O2)cccc1C(=O)OC(C)(C)C. The fraction of sp³-hybridized carbons (Fsp3) is 0.696. The van der Waals surface area contributed by atoms with E-state index >= 15 is 0 Å². The second kappa shape index (κ2) is 6.74. The van der Waals surface area contributed by atoms with Gasteiger partial charge >= 0.3 is 13.1 Å². The van der Waals surface area contributed by atoms with Crippen molar-refractivity contribution < 1.29 is 23.6 Å². The quantitative estimate of drug-likeness (QED) is 0.552. The van der Waals surface area contributed by atoms with Crippen LogP contribution in [0.5, 0.6) is 5.75 Å². The second-order valence-electron chi connectivity index (χ2n) is 10.6. The first-order valence-electron chi connectivity index (χ1n) is 10.7. The van der Waals surface area contributed by atoms with Crippen LogP contribution in [0.15, 0.2) is 18.2 Å². The third-order valence-electron chi connectivity index (χ3n) is 7.31. The van der Waals surface area contributed by atoms with Gasteiger partial charge in [-0.05, 0) is 69.4 Å². The van der Waals surface area contributed by atoms with Crippen molar-refractivity contribution in [3.05, 3.63) is 29.3 Å². The summed E-state index contributed by atoms with van der Waals surface area (Å²) >= 11 is 0. The van der Waals surface area contributed by atoms with Gasteiger partial charge in [-0.3, -0.25) is 0 Å². The zero-order chi connectivity index (χ0) is 21.2. The van der Waals surface area contributed by atoms with E-state index in [4.69, 9.17) is 18.8 Å². The van der Waals surface area contributed by atoms with Crippen molar-refractivity contribution in [1.82, 2.24) is 0 Å². The molecule has 0 N–H and O–H groups in total. The molecule has 4 aliphatic rings. The van der Waals surface area contributed by atoms with Crippen LogP contribution in [0.1, 0.15) is 70.3 Å². The van der Waals surface area contributed by atoms with E-state index in [0.29, 0.717) is 29.0 Å². The monoisotopic (exact) mass is 400 g/mol. The number of carbonyl (C=O) groups is 1. The summed E-state index contributed by atoms with van der Waals surface area (Å²) in [5.74, 6) is 1.41. The Kier molecular flexibility index (Phi) is 4.82. The molecule has 158 valence electrons. The highest BCUT2D eigenvalue weighted by Gasteiger charge is 2.67. The van der Waals surface area contributed by atoms with Crippen molar-refractivity contribution in [3.63, 3.8) is 0 Å². The molecule has 1 aromatic carbocycles. The van der Waals surface area contributed by atoms with Gasteiger partial charge in [0.25, 0.3) is 0 Å². The van der Waals surface area contributed by atoms with Gasteiger partial charge < -0.3 is 18.8 Å². The van der Waals surface area contributed by atoms with Crippen LogP contribution in [0, 0.1) is 17.3 Å². The maximum Gasteiger partial charge on any atom is 0.462 e. The topological polar surface area (TPSA) is 54.0 Å². The molecule has 5 rings (SSSR count). The van der Waals surface area contributed by atoms with Gasteiger partial charge in [0.2, 0.25) is 0 Å². The second-order valence-corrected chi connectivity index (χ2v) is 10.6. The average molecular weight is 400 g/mol. The smallest absolute Gasteiger partial charge is 0.462 e. The number of methoxy groups -OCH3 is 1. The largest absolute Gasteiger partial charge is 0.496 e. The van der Waals surface area contributed by atoms with Gasteiger partial charge in [-0.25, -0.2) is 4.79 Å². The Labute approximate surface area is 174 Å². The number of benzene rings is 1. The van der Waals surface area contributed by atoms with Gasteiger partial charge in [-0.15, -0.1) is 0 Å². The fourth-order valence-electron chi connectivity index (χ4n) is 5.70. The molecule has 1 saturated heterocycles. The maximum atomic E-state index is 12.6. The molecular formula is C23H33BO5. The Morgan fingerprint density at radius 2 is 1.97 bits per heavy atom. The summed E-state index contributed by atoms with van der Waals surface area (Å²) in [6.45, 7) is 12.5. The molecule has 0 amide bonds. The Hall–Kier alpha value is -1.53. The zero-order valence-electron chi connectivity index (χ0n) is 18.7. The van der Waals surface area contributed by atoms with E-state index in [1.165, 1.54) is 6.42 Å². The molecule has 0 radical (unpaired) electrons. The molecule has 0 spiro atoms. The molecule has 5 nitrogen and oxygen atoms in total. The minimum absolute atomic E-state index is 0.143. The molecule has 4 atom stereocenters. The number of hydrogen-bond acceptors (Lipinski definition) is 5. The highest BCUT2D eigenvalue weighted by molar-refractivity contribution is 6.45. The Balaban J connectivity index is 1.54. The third-order valence-corrected chi connectivity index (χ3v) is 7.31. The number of esters is 1. The van der Waals surface area contributed by atoms with Gasteiger partial charge in [0.05, 0.1) is 18.8 Å². The molecule has 2 bridgehead atoms. The van der Waals surface area contributed by atoms with E-state index < -0.39 is 5.60 Å². The summed E-state index contributed by atoms with van der Waals surface area (Å²) in [5, 5.41) is 0. The van der Waals surface area contributed by atoms with Crippen LogP contribution in [0.25, 0.3) is 0 Å². The summed E-state index contributed by atoms with van der Waals surface area (Å²) in [5.41, 5.74) is 0.851. The number of hydrogen-bond donors (Lipinski definition) is 0. The van der Waals surface area contributed by atoms with E-state index in [9.17, 15) is 4.79 Å². The normalized spacial score (nSPS) is 32.4. The lowest BCUT2D eigenvalue weighted by atomic mass is 9.43. The first-order chi connectivity index (χ1) is 13.5. The van der Waals surface area contributed by atoms with E-state index in [2.05, 4.69) is 20.8 Å². The maximum absolute atomic E-state index is 12.6. The van der Waals surface area contributed by atoms with Gasteiger partial charge in [0.1, 0.15) is 16.9 Å². The van der Waals surface area contributed by atoms with Crippen molar-refractivity contribution >= 4 is 13.1 Å². The standard InChI is InChI=1S/C23H33BO5/c1-21(2,3)27-20(25)16-10-8-9-14(19(16)26-7)13-24-28-18-12-15-11-17(22(15,4)5)23(18,6)29-24/h8-10,15,17-18H,11-13H2,1-7H3/t15-,17-,18+,23-/m0/s1. The van der Waals surface area contributed by atoms with Gasteiger partial charge in [0.15, 0.2) is 0 Å². The lowest BCUT2D eigenvalue weighted by molar-refractivity contribution is -0.199. The van der Waals surface area contributed by atoms with Crippen LogP contribution in [0.3, 0.4) is 0 Å². The third kappa shape index (κ3) is 3.38. The molecule has 6 heteroatoms. The van der Waals surface area contributed by atoms with Crippen LogP contribution in [0.4, 0.5) is 0 Å². The van der Waals surface area contributed by atoms with Gasteiger partial charge in [-0.2, -0.15) is 0 Å². The van der Waals surface area contributed by atoms with Crippen molar-refractivity contribution in [2.45, 2.75) is 78.0 Å².